The van der Waals surface area contributed by atoms with Crippen molar-refractivity contribution < 1.29 is 57.3 Å². The van der Waals surface area contributed by atoms with Crippen LogP contribution < -0.4 is 4.74 Å². The Morgan fingerprint density at radius 2 is 1.41 bits per heavy atom. The van der Waals surface area contributed by atoms with Crippen LogP contribution in [0.5, 0.6) is 5.75 Å². The van der Waals surface area contributed by atoms with Crippen LogP contribution in [0.4, 0.5) is 0 Å². The number of halogens is 1. The molecule has 12 nitrogen and oxygen atoms in total. The van der Waals surface area contributed by atoms with Gasteiger partial charge in [0.15, 0.2) is 28.2 Å². The molecule has 63 heavy (non-hydrogen) atoms. The summed E-state index contributed by atoms with van der Waals surface area (Å²) in [6.45, 7) is 18.3. The van der Waals surface area contributed by atoms with Gasteiger partial charge in [-0.05, 0) is 98.4 Å². The van der Waals surface area contributed by atoms with Gasteiger partial charge in [0.25, 0.3) is 0 Å². The number of methoxy groups -OCH3 is 3. The van der Waals surface area contributed by atoms with E-state index in [1.807, 2.05) is 24.3 Å². The first-order chi connectivity index (χ1) is 30.2. The SMILES string of the molecule is CC[Si](CC)(CC)O[C@H]([C@@H](OCc1ccc(OC)cc1)[C@H](CCCO)OC)[C@@H](O[Si](CC)(CC)CC)[C@@H](C)CC[C@H]1O[C@@]2(CC[C@H](C)[C@@]3(C[C@H](O)[C@H](CCO)O3)O2)C[C@@H](OC)[C@@H]1Cl. The Bertz CT molecular complexity index is 1420. The molecule has 0 aliphatic carbocycles. The smallest absolute Gasteiger partial charge is 0.192 e. The lowest BCUT2D eigenvalue weighted by Gasteiger charge is -2.54. The molecular weight excluding hydrogens is 860 g/mol. The summed E-state index contributed by atoms with van der Waals surface area (Å²) in [4.78, 5) is 0. The van der Waals surface area contributed by atoms with Crippen molar-refractivity contribution in [3.05, 3.63) is 29.8 Å². The van der Waals surface area contributed by atoms with Gasteiger partial charge in [-0.25, -0.2) is 0 Å². The lowest BCUT2D eigenvalue weighted by molar-refractivity contribution is -0.414. The Kier molecular flexibility index (Phi) is 22.3. The molecule has 3 aliphatic rings. The lowest BCUT2D eigenvalue weighted by Crippen LogP contribution is -2.61. The fourth-order valence-corrected chi connectivity index (χ4v) is 16.6. The molecule has 15 heteroatoms. The molecule has 3 N–H and O–H groups in total. The number of aliphatic hydroxyl groups excluding tert-OH is 3. The summed E-state index contributed by atoms with van der Waals surface area (Å²) in [5.74, 6) is -1.25. The number of benzene rings is 1. The highest BCUT2D eigenvalue weighted by atomic mass is 35.5. The predicted molar refractivity (Wildman–Crippen MR) is 253 cm³/mol. The molecule has 0 amide bonds. The van der Waals surface area contributed by atoms with Gasteiger partial charge >= 0.3 is 0 Å². The van der Waals surface area contributed by atoms with E-state index in [1.165, 1.54) is 0 Å². The summed E-state index contributed by atoms with van der Waals surface area (Å²) in [5.41, 5.74) is 1.01. The van der Waals surface area contributed by atoms with Crippen LogP contribution in [0.25, 0.3) is 0 Å². The van der Waals surface area contributed by atoms with Crippen LogP contribution >= 0.6 is 11.6 Å². The van der Waals surface area contributed by atoms with Gasteiger partial charge in [0.2, 0.25) is 0 Å². The molecule has 3 aliphatic heterocycles. The second-order valence-electron chi connectivity index (χ2n) is 18.8. The molecule has 1 aromatic rings. The molecule has 366 valence electrons. The molecule has 0 radical (unpaired) electrons. The molecule has 3 heterocycles. The topological polar surface area (TPSA) is 144 Å². The third-order valence-corrected chi connectivity index (χ3v) is 25.2. The van der Waals surface area contributed by atoms with Crippen LogP contribution in [-0.4, -0.2) is 132 Å². The quantitative estimate of drug-likeness (QED) is 0.0544. The van der Waals surface area contributed by atoms with E-state index in [0.717, 1.165) is 60.4 Å². The van der Waals surface area contributed by atoms with E-state index in [-0.39, 0.29) is 43.4 Å². The van der Waals surface area contributed by atoms with Gasteiger partial charge in [-0.1, -0.05) is 67.5 Å². The minimum absolute atomic E-state index is 0.0104. The Hall–Kier alpha value is -0.696. The molecule has 3 fully saturated rings. The lowest BCUT2D eigenvalue weighted by atomic mass is 9.82. The third-order valence-electron chi connectivity index (χ3n) is 15.3. The zero-order valence-corrected chi connectivity index (χ0v) is 43.5. The first kappa shape index (κ1) is 54.9. The Morgan fingerprint density at radius 3 is 1.95 bits per heavy atom. The van der Waals surface area contributed by atoms with Gasteiger partial charge in [0, 0.05) is 52.6 Å². The van der Waals surface area contributed by atoms with Crippen LogP contribution in [0.1, 0.15) is 119 Å². The molecule has 0 bridgehead atoms. The van der Waals surface area contributed by atoms with Gasteiger partial charge in [-0.2, -0.15) is 0 Å². The van der Waals surface area contributed by atoms with Crippen LogP contribution in [-0.2, 0) is 43.9 Å². The average Bonchev–Trinajstić information content (AvgIpc) is 3.62. The Balaban J connectivity index is 1.75. The van der Waals surface area contributed by atoms with Crippen molar-refractivity contribution in [3.8, 4) is 5.75 Å². The summed E-state index contributed by atoms with van der Waals surface area (Å²) in [6, 6.07) is 13.8. The first-order valence-corrected chi connectivity index (χ1v) is 29.9. The third kappa shape index (κ3) is 13.5. The number of aliphatic hydroxyl groups is 3. The van der Waals surface area contributed by atoms with Crippen molar-refractivity contribution >= 4 is 28.2 Å². The first-order valence-electron chi connectivity index (χ1n) is 24.4. The number of alkyl halides is 1. The summed E-state index contributed by atoms with van der Waals surface area (Å²) in [7, 11) is 0.540. The maximum atomic E-state index is 11.0. The summed E-state index contributed by atoms with van der Waals surface area (Å²) in [6.07, 6.45) is 1.39. The summed E-state index contributed by atoms with van der Waals surface area (Å²) < 4.78 is 61.0. The van der Waals surface area contributed by atoms with Crippen LogP contribution in [0.3, 0.4) is 0 Å². The van der Waals surface area contributed by atoms with Gasteiger partial charge < -0.3 is 57.3 Å². The Labute approximate surface area is 387 Å². The number of hydrogen-bond donors (Lipinski definition) is 3. The fourth-order valence-electron chi connectivity index (χ4n) is 10.4. The van der Waals surface area contributed by atoms with Crippen molar-refractivity contribution in [1.82, 2.24) is 0 Å². The zero-order chi connectivity index (χ0) is 46.4. The summed E-state index contributed by atoms with van der Waals surface area (Å²) in [5, 5.41) is 30.4. The van der Waals surface area contributed by atoms with Gasteiger partial charge in [0.05, 0.1) is 61.8 Å². The molecule has 0 saturated carbocycles. The van der Waals surface area contributed by atoms with Crippen molar-refractivity contribution in [2.75, 3.05) is 34.5 Å². The minimum Gasteiger partial charge on any atom is -0.497 e. The van der Waals surface area contributed by atoms with E-state index in [1.54, 1.807) is 21.3 Å². The molecule has 0 aromatic heterocycles. The number of rotatable bonds is 28. The highest BCUT2D eigenvalue weighted by Gasteiger charge is 2.60. The van der Waals surface area contributed by atoms with E-state index in [9.17, 15) is 15.3 Å². The Morgan fingerprint density at radius 1 is 0.794 bits per heavy atom. The van der Waals surface area contributed by atoms with E-state index in [4.69, 9.17) is 53.6 Å². The maximum Gasteiger partial charge on any atom is 0.192 e. The van der Waals surface area contributed by atoms with Crippen molar-refractivity contribution in [2.24, 2.45) is 11.8 Å². The normalized spacial score (nSPS) is 30.4. The molecule has 4 rings (SSSR count). The van der Waals surface area contributed by atoms with Gasteiger partial charge in [0.1, 0.15) is 11.9 Å². The van der Waals surface area contributed by atoms with E-state index in [0.29, 0.717) is 51.6 Å². The van der Waals surface area contributed by atoms with Crippen molar-refractivity contribution in [2.45, 2.75) is 222 Å². The maximum absolute atomic E-state index is 11.0. The highest BCUT2D eigenvalue weighted by molar-refractivity contribution is 6.74. The molecule has 1 aromatic carbocycles. The highest BCUT2D eigenvalue weighted by Crippen LogP contribution is 2.52. The monoisotopic (exact) mass is 947 g/mol. The van der Waals surface area contributed by atoms with Crippen molar-refractivity contribution in [3.63, 3.8) is 0 Å². The van der Waals surface area contributed by atoms with E-state index in [2.05, 4.69) is 55.4 Å². The molecule has 13 atom stereocenters. The van der Waals surface area contributed by atoms with E-state index >= 15 is 0 Å². The van der Waals surface area contributed by atoms with Gasteiger partial charge in [-0.15, -0.1) is 11.6 Å². The molecular formula is C48H87ClO12Si2. The zero-order valence-electron chi connectivity index (χ0n) is 40.8. The number of hydrogen-bond acceptors (Lipinski definition) is 12. The molecule has 3 saturated heterocycles. The van der Waals surface area contributed by atoms with Crippen LogP contribution in [0, 0.1) is 11.8 Å². The second kappa shape index (κ2) is 25.6. The molecule has 2 spiro atoms. The minimum atomic E-state index is -2.30. The van der Waals surface area contributed by atoms with Crippen LogP contribution in [0.2, 0.25) is 36.3 Å². The second-order valence-corrected chi connectivity index (χ2v) is 28.7. The van der Waals surface area contributed by atoms with E-state index < -0.39 is 64.1 Å². The molecule has 0 unspecified atom stereocenters. The largest absolute Gasteiger partial charge is 0.497 e. The standard InChI is InChI=1S/C48H87ClO12Si2/c1-12-62(13-2,14-3)59-44(46(60-63(15-4,16-5)17-6)45(41(54-10)19-18-29-50)56-33-36-21-23-37(53-9)24-22-36)34(7)20-25-40-43(49)42(55-11)32-47(57-40)28-26-35(8)48(61-47)31-38(52)39(58-48)27-30-51/h21-24,34-35,38-46,50-52H,12-20,25-33H2,1-11H3/t34-,35-,38-,39-,40+,41-,42+,43+,44-,45-,46-,47+,48+/m0/s1. The van der Waals surface area contributed by atoms with Gasteiger partial charge in [-0.3, -0.25) is 0 Å². The van der Waals surface area contributed by atoms with Crippen LogP contribution in [0.15, 0.2) is 24.3 Å². The average molecular weight is 948 g/mol. The predicted octanol–water partition coefficient (Wildman–Crippen LogP) is 9.35. The number of ether oxygens (including phenoxy) is 7. The fraction of sp³-hybridized carbons (Fsp3) is 0.875. The summed E-state index contributed by atoms with van der Waals surface area (Å²) >= 11 is 7.33. The van der Waals surface area contributed by atoms with Crippen molar-refractivity contribution in [1.29, 1.82) is 0 Å².